The van der Waals surface area contributed by atoms with Crippen molar-refractivity contribution in [1.29, 1.82) is 0 Å². The third-order valence-corrected chi connectivity index (χ3v) is 3.94. The minimum Gasteiger partial charge on any atom is -0.399 e. The number of carbonyl (C=O) groups excluding carboxylic acids is 1. The van der Waals surface area contributed by atoms with Crippen molar-refractivity contribution in [3.05, 3.63) is 29.8 Å². The molecule has 0 spiro atoms. The van der Waals surface area contributed by atoms with Gasteiger partial charge >= 0.3 is 0 Å². The van der Waals surface area contributed by atoms with Crippen LogP contribution in [-0.4, -0.2) is 12.5 Å². The zero-order chi connectivity index (χ0) is 13.5. The summed E-state index contributed by atoms with van der Waals surface area (Å²) in [7, 11) is 0. The van der Waals surface area contributed by atoms with Gasteiger partial charge in [0.2, 0.25) is 5.91 Å². The molecule has 0 saturated heterocycles. The Hall–Kier alpha value is -1.51. The summed E-state index contributed by atoms with van der Waals surface area (Å²) in [5, 5.41) is 3.02. The summed E-state index contributed by atoms with van der Waals surface area (Å²) >= 11 is 0. The fourth-order valence-electron chi connectivity index (χ4n) is 2.77. The highest BCUT2D eigenvalue weighted by atomic mass is 16.1. The van der Waals surface area contributed by atoms with Gasteiger partial charge < -0.3 is 11.1 Å². The molecule has 0 aliphatic heterocycles. The second-order valence-corrected chi connectivity index (χ2v) is 5.56. The average molecular weight is 260 g/mol. The van der Waals surface area contributed by atoms with E-state index in [4.69, 9.17) is 5.73 Å². The van der Waals surface area contributed by atoms with Crippen LogP contribution in [-0.2, 0) is 11.2 Å². The van der Waals surface area contributed by atoms with Crippen LogP contribution < -0.4 is 11.1 Å². The van der Waals surface area contributed by atoms with E-state index >= 15 is 0 Å². The van der Waals surface area contributed by atoms with Crippen molar-refractivity contribution >= 4 is 11.6 Å². The van der Waals surface area contributed by atoms with Crippen LogP contribution >= 0.6 is 0 Å². The number of carbonyl (C=O) groups is 1. The Morgan fingerprint density at radius 2 is 1.84 bits per heavy atom. The average Bonchev–Trinajstić information content (AvgIpc) is 2.43. The topological polar surface area (TPSA) is 55.1 Å². The van der Waals surface area contributed by atoms with Gasteiger partial charge in [-0.15, -0.1) is 0 Å². The highest BCUT2D eigenvalue weighted by Crippen LogP contribution is 2.25. The normalized spacial score (nSPS) is 16.2. The molecule has 1 aliphatic carbocycles. The van der Waals surface area contributed by atoms with E-state index in [0.717, 1.165) is 30.1 Å². The van der Waals surface area contributed by atoms with Gasteiger partial charge in [-0.1, -0.05) is 44.2 Å². The Morgan fingerprint density at radius 1 is 1.16 bits per heavy atom. The lowest BCUT2D eigenvalue weighted by Gasteiger charge is -2.21. The van der Waals surface area contributed by atoms with Crippen LogP contribution in [0.4, 0.5) is 5.69 Å². The van der Waals surface area contributed by atoms with Crippen LogP contribution in [0.3, 0.4) is 0 Å². The Morgan fingerprint density at radius 3 is 2.53 bits per heavy atom. The summed E-state index contributed by atoms with van der Waals surface area (Å²) in [6.07, 6.45) is 8.38. The summed E-state index contributed by atoms with van der Waals surface area (Å²) in [6, 6.07) is 7.50. The van der Waals surface area contributed by atoms with E-state index in [1.165, 1.54) is 32.1 Å². The smallest absolute Gasteiger partial charge is 0.224 e. The number of rotatable bonds is 5. The fourth-order valence-corrected chi connectivity index (χ4v) is 2.77. The van der Waals surface area contributed by atoms with Crippen molar-refractivity contribution in [3.8, 4) is 0 Å². The number of anilines is 1. The first-order chi connectivity index (χ1) is 9.24. The first kappa shape index (κ1) is 13.9. The molecule has 3 heteroatoms. The summed E-state index contributed by atoms with van der Waals surface area (Å²) in [6.45, 7) is 0.818. The van der Waals surface area contributed by atoms with E-state index in [1.54, 1.807) is 0 Å². The SMILES string of the molecule is Nc1ccc(CC(=O)NCCC2CCCCC2)cc1. The van der Waals surface area contributed by atoms with E-state index in [-0.39, 0.29) is 5.91 Å². The van der Waals surface area contributed by atoms with Crippen molar-refractivity contribution in [2.45, 2.75) is 44.9 Å². The maximum absolute atomic E-state index is 11.8. The molecule has 1 fully saturated rings. The van der Waals surface area contributed by atoms with Gasteiger partial charge in [0.25, 0.3) is 0 Å². The summed E-state index contributed by atoms with van der Waals surface area (Å²) in [5.74, 6) is 0.936. The predicted molar refractivity (Wildman–Crippen MR) is 78.8 cm³/mol. The number of benzene rings is 1. The van der Waals surface area contributed by atoms with Gasteiger partial charge in [0.1, 0.15) is 0 Å². The predicted octanol–water partition coefficient (Wildman–Crippen LogP) is 2.90. The molecule has 19 heavy (non-hydrogen) atoms. The van der Waals surface area contributed by atoms with Crippen LogP contribution in [0.15, 0.2) is 24.3 Å². The van der Waals surface area contributed by atoms with E-state index in [9.17, 15) is 4.79 Å². The monoisotopic (exact) mass is 260 g/mol. The molecule has 0 unspecified atom stereocenters. The van der Waals surface area contributed by atoms with Crippen LogP contribution in [0.1, 0.15) is 44.1 Å². The third-order valence-electron chi connectivity index (χ3n) is 3.94. The minimum atomic E-state index is 0.112. The molecule has 1 aromatic carbocycles. The minimum absolute atomic E-state index is 0.112. The van der Waals surface area contributed by atoms with Gasteiger partial charge in [0.15, 0.2) is 0 Å². The first-order valence-electron chi connectivity index (χ1n) is 7.35. The van der Waals surface area contributed by atoms with Gasteiger partial charge in [-0.25, -0.2) is 0 Å². The number of amides is 1. The Balaban J connectivity index is 1.65. The number of hydrogen-bond acceptors (Lipinski definition) is 2. The van der Waals surface area contributed by atoms with Crippen LogP contribution in [0.5, 0.6) is 0 Å². The van der Waals surface area contributed by atoms with Gasteiger partial charge in [-0.3, -0.25) is 4.79 Å². The Bertz CT molecular complexity index is 394. The molecule has 104 valence electrons. The number of hydrogen-bond donors (Lipinski definition) is 2. The molecule has 1 saturated carbocycles. The van der Waals surface area contributed by atoms with Crippen molar-refractivity contribution in [3.63, 3.8) is 0 Å². The lowest BCUT2D eigenvalue weighted by Crippen LogP contribution is -2.27. The van der Waals surface area contributed by atoms with Gasteiger partial charge in [0.05, 0.1) is 6.42 Å². The van der Waals surface area contributed by atoms with Crippen molar-refractivity contribution in [1.82, 2.24) is 5.32 Å². The molecular formula is C16H24N2O. The zero-order valence-electron chi connectivity index (χ0n) is 11.5. The van der Waals surface area contributed by atoms with E-state index in [2.05, 4.69) is 5.32 Å². The second kappa shape index (κ2) is 7.17. The Labute approximate surface area is 115 Å². The largest absolute Gasteiger partial charge is 0.399 e. The zero-order valence-corrected chi connectivity index (χ0v) is 11.5. The molecule has 2 rings (SSSR count). The highest BCUT2D eigenvalue weighted by molar-refractivity contribution is 5.78. The van der Waals surface area contributed by atoms with Gasteiger partial charge in [-0.2, -0.15) is 0 Å². The fraction of sp³-hybridized carbons (Fsp3) is 0.562. The molecule has 0 bridgehead atoms. The maximum atomic E-state index is 11.8. The van der Waals surface area contributed by atoms with E-state index < -0.39 is 0 Å². The standard InChI is InChI=1S/C16H24N2O/c17-15-8-6-14(7-9-15)12-16(19)18-11-10-13-4-2-1-3-5-13/h6-9,13H,1-5,10-12,17H2,(H,18,19). The first-order valence-corrected chi connectivity index (χ1v) is 7.35. The summed E-state index contributed by atoms with van der Waals surface area (Å²) in [5.41, 5.74) is 7.38. The number of nitrogens with one attached hydrogen (secondary N) is 1. The molecule has 3 N–H and O–H groups in total. The molecule has 1 amide bonds. The number of nitrogens with two attached hydrogens (primary N) is 1. The summed E-state index contributed by atoms with van der Waals surface area (Å²) < 4.78 is 0. The molecule has 0 radical (unpaired) electrons. The Kier molecular flexibility index (Phi) is 5.25. The van der Waals surface area contributed by atoms with E-state index in [1.807, 2.05) is 24.3 Å². The number of nitrogen functional groups attached to an aromatic ring is 1. The summed E-state index contributed by atoms with van der Waals surface area (Å²) in [4.78, 5) is 11.8. The lowest BCUT2D eigenvalue weighted by atomic mass is 9.87. The molecular weight excluding hydrogens is 236 g/mol. The quantitative estimate of drug-likeness (QED) is 0.800. The highest BCUT2D eigenvalue weighted by Gasteiger charge is 2.13. The second-order valence-electron chi connectivity index (χ2n) is 5.56. The van der Waals surface area contributed by atoms with Crippen molar-refractivity contribution in [2.24, 2.45) is 5.92 Å². The lowest BCUT2D eigenvalue weighted by molar-refractivity contribution is -0.120. The molecule has 0 aromatic heterocycles. The third kappa shape index (κ3) is 4.93. The van der Waals surface area contributed by atoms with Crippen LogP contribution in [0.25, 0.3) is 0 Å². The molecule has 1 aliphatic rings. The molecule has 0 atom stereocenters. The van der Waals surface area contributed by atoms with Gasteiger partial charge in [-0.05, 0) is 30.0 Å². The van der Waals surface area contributed by atoms with Crippen molar-refractivity contribution in [2.75, 3.05) is 12.3 Å². The van der Waals surface area contributed by atoms with E-state index in [0.29, 0.717) is 6.42 Å². The van der Waals surface area contributed by atoms with Crippen LogP contribution in [0.2, 0.25) is 0 Å². The maximum Gasteiger partial charge on any atom is 0.224 e. The van der Waals surface area contributed by atoms with Gasteiger partial charge in [0, 0.05) is 12.2 Å². The molecule has 3 nitrogen and oxygen atoms in total. The van der Waals surface area contributed by atoms with Crippen LogP contribution in [0, 0.1) is 5.92 Å². The van der Waals surface area contributed by atoms with Crippen molar-refractivity contribution < 1.29 is 4.79 Å². The molecule has 0 heterocycles. The molecule has 1 aromatic rings.